The molecule has 0 unspecified atom stereocenters. The summed E-state index contributed by atoms with van der Waals surface area (Å²) in [6.45, 7) is 3.88. The molecule has 1 saturated carbocycles. The van der Waals surface area contributed by atoms with Crippen LogP contribution in [0.3, 0.4) is 0 Å². The number of amides is 2. The molecule has 4 atom stereocenters. The predicted octanol–water partition coefficient (Wildman–Crippen LogP) is 6.56. The molecule has 2 fully saturated rings. The highest BCUT2D eigenvalue weighted by atomic mass is 16.2. The van der Waals surface area contributed by atoms with Crippen LogP contribution in [0.4, 0.5) is 5.69 Å². The number of anilines is 1. The lowest BCUT2D eigenvalue weighted by Gasteiger charge is -2.37. The maximum atomic E-state index is 14.6. The lowest BCUT2D eigenvalue weighted by atomic mass is 9.62. The Hall–Kier alpha value is -4.31. The number of ketones is 1. The fraction of sp³-hybridized carbons (Fsp3) is 0.206. The highest BCUT2D eigenvalue weighted by Crippen LogP contribution is 2.74. The molecule has 0 aromatic heterocycles. The van der Waals surface area contributed by atoms with Crippen LogP contribution in [-0.4, -0.2) is 17.6 Å². The summed E-state index contributed by atoms with van der Waals surface area (Å²) in [4.78, 5) is 44.5. The number of nitrogens with zero attached hydrogens (tertiary/aromatic N) is 1. The molecular formula is C34H27NO3. The number of carbonyl (C=O) groups excluding carboxylic acids is 3. The van der Waals surface area contributed by atoms with Crippen molar-refractivity contribution in [2.24, 2.45) is 22.7 Å². The first-order valence-electron chi connectivity index (χ1n) is 13.2. The second kappa shape index (κ2) is 7.84. The van der Waals surface area contributed by atoms with E-state index in [4.69, 9.17) is 0 Å². The highest BCUT2D eigenvalue weighted by molar-refractivity contribution is 6.34. The quantitative estimate of drug-likeness (QED) is 0.300. The van der Waals surface area contributed by atoms with E-state index < -0.39 is 22.7 Å². The van der Waals surface area contributed by atoms with E-state index in [1.165, 1.54) is 4.90 Å². The molecule has 4 aromatic rings. The number of fused-ring (bicyclic) bond motifs is 6. The third-order valence-corrected chi connectivity index (χ3v) is 9.23. The molecule has 4 aromatic carbocycles. The first-order valence-corrected chi connectivity index (χ1v) is 13.2. The Bertz CT molecular complexity index is 1690. The molecule has 7 rings (SSSR count). The molecule has 186 valence electrons. The topological polar surface area (TPSA) is 54.5 Å². The van der Waals surface area contributed by atoms with Gasteiger partial charge in [0.1, 0.15) is 0 Å². The fourth-order valence-corrected chi connectivity index (χ4v) is 7.70. The molecule has 2 aliphatic carbocycles. The number of carbonyl (C=O) groups is 3. The number of rotatable bonds is 4. The van der Waals surface area contributed by atoms with Crippen molar-refractivity contribution in [2.45, 2.75) is 20.3 Å². The van der Waals surface area contributed by atoms with Gasteiger partial charge >= 0.3 is 0 Å². The standard InChI is InChI=1S/C34H27NO3/c1-3-34-27(23-15-8-5-9-16-23)26(22-13-6-4-7-14-22)33(2,32(34)38)28-29(34)31(37)35(30(28)36)25-19-18-21-12-10-11-17-24(21)20-25/h4-20,28-29H,3H2,1-2H3/t28-,29-,33-,34+/m0/s1. The minimum absolute atomic E-state index is 0.0000626. The monoisotopic (exact) mass is 497 g/mol. The molecule has 4 heteroatoms. The number of imide groups is 1. The van der Waals surface area contributed by atoms with Crippen molar-refractivity contribution < 1.29 is 14.4 Å². The minimum Gasteiger partial charge on any atom is -0.298 e. The Morgan fingerprint density at radius 3 is 1.84 bits per heavy atom. The van der Waals surface area contributed by atoms with Gasteiger partial charge in [-0.1, -0.05) is 97.9 Å². The van der Waals surface area contributed by atoms with Crippen molar-refractivity contribution >= 4 is 45.2 Å². The summed E-state index contributed by atoms with van der Waals surface area (Å²) >= 11 is 0. The average Bonchev–Trinajstić information content (AvgIpc) is 3.43. The summed E-state index contributed by atoms with van der Waals surface area (Å²) in [6, 6.07) is 33.4. The number of benzene rings is 4. The van der Waals surface area contributed by atoms with Gasteiger partial charge in [-0.2, -0.15) is 0 Å². The maximum Gasteiger partial charge on any atom is 0.239 e. The highest BCUT2D eigenvalue weighted by Gasteiger charge is 2.79. The Morgan fingerprint density at radius 1 is 0.658 bits per heavy atom. The molecule has 4 nitrogen and oxygen atoms in total. The Morgan fingerprint density at radius 2 is 1.21 bits per heavy atom. The molecule has 38 heavy (non-hydrogen) atoms. The second-order valence-corrected chi connectivity index (χ2v) is 10.8. The maximum absolute atomic E-state index is 14.6. The van der Waals surface area contributed by atoms with Gasteiger partial charge in [0.15, 0.2) is 5.78 Å². The first kappa shape index (κ1) is 22.9. The van der Waals surface area contributed by atoms with Gasteiger partial charge in [-0.05, 0) is 58.5 Å². The van der Waals surface area contributed by atoms with Gasteiger partial charge in [-0.3, -0.25) is 14.4 Å². The van der Waals surface area contributed by atoms with Crippen molar-refractivity contribution in [1.29, 1.82) is 0 Å². The van der Waals surface area contributed by atoms with Crippen LogP contribution >= 0.6 is 0 Å². The van der Waals surface area contributed by atoms with Gasteiger partial charge < -0.3 is 0 Å². The first-order chi connectivity index (χ1) is 18.4. The predicted molar refractivity (Wildman–Crippen MR) is 149 cm³/mol. The molecule has 1 heterocycles. The Balaban J connectivity index is 1.48. The van der Waals surface area contributed by atoms with Crippen LogP contribution in [0.1, 0.15) is 31.4 Å². The van der Waals surface area contributed by atoms with Crippen LogP contribution < -0.4 is 4.90 Å². The third-order valence-electron chi connectivity index (χ3n) is 9.23. The number of Topliss-reactive ketones (excluding diaryl/α,β-unsaturated/α-hetero) is 1. The lowest BCUT2D eigenvalue weighted by Crippen LogP contribution is -2.41. The summed E-state index contributed by atoms with van der Waals surface area (Å²) < 4.78 is 0. The Labute approximate surface area is 221 Å². The summed E-state index contributed by atoms with van der Waals surface area (Å²) in [6.07, 6.45) is 0.452. The van der Waals surface area contributed by atoms with Crippen molar-refractivity contribution in [3.8, 4) is 0 Å². The zero-order chi connectivity index (χ0) is 26.2. The molecule has 0 N–H and O–H groups in total. The van der Waals surface area contributed by atoms with Gasteiger partial charge in [-0.15, -0.1) is 0 Å². The third kappa shape index (κ3) is 2.62. The number of allylic oxidation sites excluding steroid dienone is 2. The molecular weight excluding hydrogens is 470 g/mol. The van der Waals surface area contributed by atoms with Crippen LogP contribution in [0.5, 0.6) is 0 Å². The average molecular weight is 498 g/mol. The molecule has 0 radical (unpaired) electrons. The number of hydrogen-bond acceptors (Lipinski definition) is 3. The smallest absolute Gasteiger partial charge is 0.239 e. The van der Waals surface area contributed by atoms with Gasteiger partial charge in [-0.25, -0.2) is 4.90 Å². The largest absolute Gasteiger partial charge is 0.298 e. The normalized spacial score (nSPS) is 28.1. The minimum atomic E-state index is -1.11. The van der Waals surface area contributed by atoms with Gasteiger partial charge in [0.25, 0.3) is 0 Å². The van der Waals surface area contributed by atoms with Crippen LogP contribution in [0.2, 0.25) is 0 Å². The fourth-order valence-electron chi connectivity index (χ4n) is 7.70. The summed E-state index contributed by atoms with van der Waals surface area (Å²) in [7, 11) is 0. The summed E-state index contributed by atoms with van der Waals surface area (Å²) in [5.74, 6) is -2.01. The zero-order valence-corrected chi connectivity index (χ0v) is 21.3. The number of hydrogen-bond donors (Lipinski definition) is 0. The van der Waals surface area contributed by atoms with E-state index in [9.17, 15) is 14.4 Å². The van der Waals surface area contributed by atoms with Crippen LogP contribution in [-0.2, 0) is 14.4 Å². The van der Waals surface area contributed by atoms with E-state index in [1.54, 1.807) is 0 Å². The van der Waals surface area contributed by atoms with Crippen molar-refractivity contribution in [1.82, 2.24) is 0 Å². The molecule has 2 amide bonds. The van der Waals surface area contributed by atoms with E-state index in [0.717, 1.165) is 33.0 Å². The SMILES string of the molecule is CC[C@@]12C(=O)[C@@](C)(C(c3ccccc3)=C1c1ccccc1)[C@@H]1C(=O)N(c3ccc4ccccc4c3)C(=O)[C@H]12. The molecule has 1 saturated heterocycles. The van der Waals surface area contributed by atoms with Gasteiger partial charge in [0, 0.05) is 0 Å². The van der Waals surface area contributed by atoms with Crippen molar-refractivity contribution in [3.05, 3.63) is 114 Å². The second-order valence-electron chi connectivity index (χ2n) is 10.8. The van der Waals surface area contributed by atoms with E-state index >= 15 is 0 Å². The van der Waals surface area contributed by atoms with Crippen molar-refractivity contribution in [2.75, 3.05) is 4.90 Å². The molecule has 2 bridgehead atoms. The van der Waals surface area contributed by atoms with Crippen molar-refractivity contribution in [3.63, 3.8) is 0 Å². The zero-order valence-electron chi connectivity index (χ0n) is 21.3. The lowest BCUT2D eigenvalue weighted by molar-refractivity contribution is -0.134. The van der Waals surface area contributed by atoms with E-state index in [1.807, 2.05) is 117 Å². The van der Waals surface area contributed by atoms with Crippen LogP contribution in [0.25, 0.3) is 21.9 Å². The molecule has 0 spiro atoms. The van der Waals surface area contributed by atoms with Gasteiger partial charge in [0.2, 0.25) is 11.8 Å². The van der Waals surface area contributed by atoms with E-state index in [2.05, 4.69) is 0 Å². The molecule has 3 aliphatic rings. The van der Waals surface area contributed by atoms with Gasteiger partial charge in [0.05, 0.1) is 28.4 Å². The van der Waals surface area contributed by atoms with E-state index in [0.29, 0.717) is 12.1 Å². The van der Waals surface area contributed by atoms with E-state index in [-0.39, 0.29) is 17.6 Å². The van der Waals surface area contributed by atoms with Crippen LogP contribution in [0, 0.1) is 22.7 Å². The van der Waals surface area contributed by atoms with Crippen LogP contribution in [0.15, 0.2) is 103 Å². The Kier molecular flexibility index (Phi) is 4.72. The summed E-state index contributed by atoms with van der Waals surface area (Å²) in [5, 5.41) is 2.01. The molecule has 1 aliphatic heterocycles. The summed E-state index contributed by atoms with van der Waals surface area (Å²) in [5.41, 5.74) is 2.06.